The van der Waals surface area contributed by atoms with E-state index in [1.165, 1.54) is 24.1 Å². The third kappa shape index (κ3) is 3.60. The van der Waals surface area contributed by atoms with Crippen LogP contribution in [0, 0.1) is 5.41 Å². The van der Waals surface area contributed by atoms with Crippen LogP contribution in [0.15, 0.2) is 46.9 Å². The standard InChI is InChI=1S/C26H26N2O5/c29-24(22-2-1-13-32-22)28-11-9-26(10-12-28)15-19(26)16-3-5-17(6-4-16)23-27-20-14-18(25(30)31)7-8-21(20)33-23/h3-8,14,19,22H,1-2,9-13,15H2,(H,30,31)/t19-,22?/m1/s1. The molecular formula is C26H26N2O5. The zero-order valence-electron chi connectivity index (χ0n) is 18.3. The van der Waals surface area contributed by atoms with Gasteiger partial charge in [0.2, 0.25) is 5.89 Å². The summed E-state index contributed by atoms with van der Waals surface area (Å²) in [5, 5.41) is 9.17. The molecule has 3 heterocycles. The number of hydrogen-bond donors (Lipinski definition) is 1. The number of amides is 1. The first-order chi connectivity index (χ1) is 16.0. The molecule has 1 saturated carbocycles. The van der Waals surface area contributed by atoms with Crippen LogP contribution in [0.1, 0.15) is 53.9 Å². The fourth-order valence-electron chi connectivity index (χ4n) is 5.56. The van der Waals surface area contributed by atoms with Gasteiger partial charge >= 0.3 is 5.97 Å². The van der Waals surface area contributed by atoms with E-state index in [4.69, 9.17) is 14.3 Å². The first-order valence-corrected chi connectivity index (χ1v) is 11.7. The maximum absolute atomic E-state index is 12.6. The molecule has 2 saturated heterocycles. The van der Waals surface area contributed by atoms with Gasteiger partial charge in [-0.3, -0.25) is 4.79 Å². The van der Waals surface area contributed by atoms with Crippen molar-refractivity contribution in [2.24, 2.45) is 5.41 Å². The molecule has 0 bridgehead atoms. The summed E-state index contributed by atoms with van der Waals surface area (Å²) in [6.07, 6.45) is 4.90. The van der Waals surface area contributed by atoms with Gasteiger partial charge in [-0.25, -0.2) is 9.78 Å². The second kappa shape index (κ2) is 7.70. The molecular weight excluding hydrogens is 420 g/mol. The predicted molar refractivity (Wildman–Crippen MR) is 121 cm³/mol. The number of carbonyl (C=O) groups excluding carboxylic acids is 1. The maximum atomic E-state index is 12.6. The Bertz CT molecular complexity index is 1220. The second-order valence-corrected chi connectivity index (χ2v) is 9.57. The summed E-state index contributed by atoms with van der Waals surface area (Å²) >= 11 is 0. The molecule has 2 atom stereocenters. The van der Waals surface area contributed by atoms with Crippen LogP contribution in [0.3, 0.4) is 0 Å². The summed E-state index contributed by atoms with van der Waals surface area (Å²) < 4.78 is 11.4. The Kier molecular flexibility index (Phi) is 4.76. The quantitative estimate of drug-likeness (QED) is 0.636. The number of piperidine rings is 1. The number of carbonyl (C=O) groups is 2. The number of rotatable bonds is 4. The summed E-state index contributed by atoms with van der Waals surface area (Å²) in [7, 11) is 0. The third-order valence-corrected chi connectivity index (χ3v) is 7.66. The molecule has 170 valence electrons. The zero-order valence-corrected chi connectivity index (χ0v) is 18.3. The number of aromatic carboxylic acids is 1. The highest BCUT2D eigenvalue weighted by Gasteiger charge is 2.55. The van der Waals surface area contributed by atoms with Crippen LogP contribution in [0.4, 0.5) is 0 Å². The normalized spacial score (nSPS) is 23.8. The number of carboxylic acids is 1. The Labute approximate surface area is 191 Å². The minimum absolute atomic E-state index is 0.178. The van der Waals surface area contributed by atoms with Crippen molar-refractivity contribution in [2.75, 3.05) is 19.7 Å². The van der Waals surface area contributed by atoms with Crippen molar-refractivity contribution in [3.8, 4) is 11.5 Å². The molecule has 1 spiro atoms. The van der Waals surface area contributed by atoms with Crippen molar-refractivity contribution in [3.63, 3.8) is 0 Å². The molecule has 2 aliphatic heterocycles. The monoisotopic (exact) mass is 446 g/mol. The number of carboxylic acid groups (broad SMARTS) is 1. The van der Waals surface area contributed by atoms with Crippen molar-refractivity contribution in [2.45, 2.75) is 44.1 Å². The van der Waals surface area contributed by atoms with Gasteiger partial charge in [0.05, 0.1) is 5.56 Å². The number of benzene rings is 2. The molecule has 0 radical (unpaired) electrons. The average Bonchev–Trinajstić information content (AvgIpc) is 3.21. The number of oxazole rings is 1. The SMILES string of the molecule is O=C(O)c1ccc2oc(-c3ccc([C@H]4CC45CCN(C(=O)C4CCCO4)CC5)cc3)nc2c1. The van der Waals surface area contributed by atoms with E-state index in [1.54, 1.807) is 6.07 Å². The predicted octanol–water partition coefficient (Wildman–Crippen LogP) is 4.47. The Morgan fingerprint density at radius 3 is 2.58 bits per heavy atom. The largest absolute Gasteiger partial charge is 0.478 e. The molecule has 3 aliphatic rings. The Morgan fingerprint density at radius 1 is 1.09 bits per heavy atom. The van der Waals surface area contributed by atoms with E-state index in [0.717, 1.165) is 44.3 Å². The number of likely N-dealkylation sites (tertiary alicyclic amines) is 1. The smallest absolute Gasteiger partial charge is 0.335 e. The molecule has 1 aliphatic carbocycles. The first-order valence-electron chi connectivity index (χ1n) is 11.7. The van der Waals surface area contributed by atoms with Crippen LogP contribution in [0.25, 0.3) is 22.6 Å². The van der Waals surface area contributed by atoms with E-state index >= 15 is 0 Å². The van der Waals surface area contributed by atoms with Gasteiger partial charge in [0.25, 0.3) is 5.91 Å². The molecule has 1 aromatic heterocycles. The summed E-state index contributed by atoms with van der Waals surface area (Å²) in [6.45, 7) is 2.36. The Balaban J connectivity index is 1.12. The molecule has 33 heavy (non-hydrogen) atoms. The maximum Gasteiger partial charge on any atom is 0.335 e. The molecule has 2 aromatic carbocycles. The molecule has 1 N–H and O–H groups in total. The fraction of sp³-hybridized carbons (Fsp3) is 0.423. The van der Waals surface area contributed by atoms with E-state index in [-0.39, 0.29) is 17.6 Å². The van der Waals surface area contributed by atoms with Crippen LogP contribution in [-0.2, 0) is 9.53 Å². The lowest BCUT2D eigenvalue weighted by Gasteiger charge is -2.34. The number of fused-ring (bicyclic) bond motifs is 1. The van der Waals surface area contributed by atoms with Crippen LogP contribution in [-0.4, -0.2) is 52.7 Å². The number of hydrogen-bond acceptors (Lipinski definition) is 5. The first kappa shape index (κ1) is 20.4. The van der Waals surface area contributed by atoms with Gasteiger partial charge < -0.3 is 19.2 Å². The van der Waals surface area contributed by atoms with Gasteiger partial charge in [-0.05, 0) is 79.3 Å². The minimum Gasteiger partial charge on any atom is -0.478 e. The van der Waals surface area contributed by atoms with Crippen molar-refractivity contribution < 1.29 is 23.8 Å². The van der Waals surface area contributed by atoms with Crippen LogP contribution >= 0.6 is 0 Å². The molecule has 3 fully saturated rings. The van der Waals surface area contributed by atoms with Gasteiger partial charge in [-0.15, -0.1) is 0 Å². The molecule has 7 heteroatoms. The molecule has 6 rings (SSSR count). The summed E-state index contributed by atoms with van der Waals surface area (Å²) in [5.41, 5.74) is 3.82. The lowest BCUT2D eigenvalue weighted by Crippen LogP contribution is -2.44. The van der Waals surface area contributed by atoms with Crippen LogP contribution in [0.5, 0.6) is 0 Å². The van der Waals surface area contributed by atoms with Gasteiger partial charge in [0.15, 0.2) is 5.58 Å². The van der Waals surface area contributed by atoms with Gasteiger partial charge in [-0.2, -0.15) is 0 Å². The highest BCUT2D eigenvalue weighted by molar-refractivity contribution is 5.92. The number of aromatic nitrogens is 1. The van der Waals surface area contributed by atoms with E-state index in [1.807, 2.05) is 17.0 Å². The highest BCUT2D eigenvalue weighted by Crippen LogP contribution is 2.65. The zero-order chi connectivity index (χ0) is 22.6. The Hall–Kier alpha value is -3.19. The third-order valence-electron chi connectivity index (χ3n) is 7.66. The van der Waals surface area contributed by atoms with Crippen LogP contribution in [0.2, 0.25) is 0 Å². The molecule has 1 unspecified atom stereocenters. The fourth-order valence-corrected chi connectivity index (χ4v) is 5.56. The van der Waals surface area contributed by atoms with Crippen molar-refractivity contribution in [3.05, 3.63) is 53.6 Å². The van der Waals surface area contributed by atoms with E-state index in [0.29, 0.717) is 34.9 Å². The number of ether oxygens (including phenoxy) is 1. The summed E-state index contributed by atoms with van der Waals surface area (Å²) in [5.74, 6) is 0.225. The molecule has 1 amide bonds. The average molecular weight is 447 g/mol. The van der Waals surface area contributed by atoms with E-state index in [9.17, 15) is 9.59 Å². The second-order valence-electron chi connectivity index (χ2n) is 9.57. The Morgan fingerprint density at radius 2 is 1.88 bits per heavy atom. The van der Waals surface area contributed by atoms with Crippen molar-refractivity contribution in [1.82, 2.24) is 9.88 Å². The van der Waals surface area contributed by atoms with Crippen molar-refractivity contribution in [1.29, 1.82) is 0 Å². The van der Waals surface area contributed by atoms with E-state index < -0.39 is 5.97 Å². The van der Waals surface area contributed by atoms with E-state index in [2.05, 4.69) is 17.1 Å². The lowest BCUT2D eigenvalue weighted by molar-refractivity contribution is -0.142. The summed E-state index contributed by atoms with van der Waals surface area (Å²) in [6, 6.07) is 13.1. The number of nitrogens with zero attached hydrogens (tertiary/aromatic N) is 2. The van der Waals surface area contributed by atoms with Crippen molar-refractivity contribution >= 4 is 23.0 Å². The summed E-state index contributed by atoms with van der Waals surface area (Å²) in [4.78, 5) is 30.3. The minimum atomic E-state index is -0.980. The lowest BCUT2D eigenvalue weighted by atomic mass is 9.88. The van der Waals surface area contributed by atoms with Gasteiger partial charge in [0, 0.05) is 25.3 Å². The molecule has 7 nitrogen and oxygen atoms in total. The van der Waals surface area contributed by atoms with Gasteiger partial charge in [0.1, 0.15) is 11.6 Å². The van der Waals surface area contributed by atoms with Gasteiger partial charge in [-0.1, -0.05) is 12.1 Å². The van der Waals surface area contributed by atoms with Crippen LogP contribution < -0.4 is 0 Å². The highest BCUT2D eigenvalue weighted by atomic mass is 16.5. The molecule has 3 aromatic rings. The topological polar surface area (TPSA) is 92.9 Å².